The van der Waals surface area contributed by atoms with E-state index in [1.165, 1.54) is 78.6 Å². The average Bonchev–Trinajstić information content (AvgIpc) is 2.56. The molecule has 0 saturated carbocycles. The number of ketones is 3. The van der Waals surface area contributed by atoms with Crippen LogP contribution in [0.25, 0.3) is 0 Å². The normalized spacial score (nSPS) is 9.31. The molecule has 0 radical (unpaired) electrons. The Morgan fingerprint density at radius 2 is 1.28 bits per heavy atom. The van der Waals surface area contributed by atoms with Crippen LogP contribution in [-0.4, -0.2) is 36.0 Å². The van der Waals surface area contributed by atoms with Gasteiger partial charge in [-0.2, -0.15) is 0 Å². The van der Waals surface area contributed by atoms with Crippen molar-refractivity contribution in [2.24, 2.45) is 11.5 Å². The lowest BCUT2D eigenvalue weighted by molar-refractivity contribution is -0.121. The Bertz CT molecular complexity index is 553. The van der Waals surface area contributed by atoms with Crippen LogP contribution in [0.2, 0.25) is 0 Å². The van der Waals surface area contributed by atoms with Crippen LogP contribution in [0.5, 0.6) is 0 Å². The van der Waals surface area contributed by atoms with Gasteiger partial charge in [0.1, 0.15) is 11.6 Å². The third kappa shape index (κ3) is 46.0. The van der Waals surface area contributed by atoms with Crippen LogP contribution in [0.3, 0.4) is 0 Å². The molecule has 0 bridgehead atoms. The van der Waals surface area contributed by atoms with Crippen LogP contribution in [0, 0.1) is 5.82 Å². The smallest absolute Gasteiger partial charge is 0.214 e. The molecule has 0 aromatic heterocycles. The fourth-order valence-corrected chi connectivity index (χ4v) is 0.889. The van der Waals surface area contributed by atoms with Gasteiger partial charge in [0, 0.05) is 12.5 Å². The van der Waals surface area contributed by atoms with Gasteiger partial charge in [0.2, 0.25) is 5.91 Å². The van der Waals surface area contributed by atoms with E-state index < -0.39 is 12.0 Å². The minimum Gasteiger partial charge on any atom is -0.370 e. The lowest BCUT2D eigenvalue weighted by Crippen LogP contribution is -2.04. The number of primary amides is 1. The number of unbranched alkanes of at least 4 members (excludes halogenated alkanes) is 1. The molecule has 8 heteroatoms. The molecule has 1 aromatic carbocycles. The molecule has 1 amide bonds. The van der Waals surface area contributed by atoms with Gasteiger partial charge < -0.3 is 16.3 Å². The van der Waals surface area contributed by atoms with Gasteiger partial charge in [-0.15, -0.1) is 0 Å². The second-order valence-electron chi connectivity index (χ2n) is 5.95. The molecule has 168 valence electrons. The first-order valence-corrected chi connectivity index (χ1v) is 9.07. The van der Waals surface area contributed by atoms with Crippen molar-refractivity contribution in [2.45, 2.75) is 67.5 Å². The maximum Gasteiger partial charge on any atom is 0.214 e. The number of hydrogen-bond acceptors (Lipinski definition) is 5. The number of benzene rings is 1. The summed E-state index contributed by atoms with van der Waals surface area (Å²) in [5, 5.41) is 0. The summed E-state index contributed by atoms with van der Waals surface area (Å²) in [6, 6.07) is 5.49. The van der Waals surface area contributed by atoms with Crippen molar-refractivity contribution in [2.75, 3.05) is 6.54 Å². The first-order valence-electron chi connectivity index (χ1n) is 9.07. The van der Waals surface area contributed by atoms with Crippen LogP contribution in [0.4, 0.5) is 8.78 Å². The summed E-state index contributed by atoms with van der Waals surface area (Å²) >= 11 is 0. The van der Waals surface area contributed by atoms with Gasteiger partial charge in [-0.05, 0) is 71.8 Å². The van der Waals surface area contributed by atoms with E-state index in [9.17, 15) is 28.0 Å². The van der Waals surface area contributed by atoms with Crippen LogP contribution >= 0.6 is 0 Å². The quantitative estimate of drug-likeness (QED) is 0.721. The summed E-state index contributed by atoms with van der Waals surface area (Å²) in [7, 11) is 0. The number of amides is 1. The van der Waals surface area contributed by atoms with Crippen molar-refractivity contribution < 1.29 is 28.0 Å². The van der Waals surface area contributed by atoms with Crippen molar-refractivity contribution >= 4 is 23.3 Å². The second kappa shape index (κ2) is 23.6. The molecule has 1 aromatic rings. The summed E-state index contributed by atoms with van der Waals surface area (Å²) in [6.07, 6.45) is 1.10. The zero-order chi connectivity index (χ0) is 24.0. The van der Waals surface area contributed by atoms with Gasteiger partial charge in [-0.25, -0.2) is 8.78 Å². The highest BCUT2D eigenvalue weighted by Crippen LogP contribution is 2.02. The largest absolute Gasteiger partial charge is 0.370 e. The number of nitrogens with two attached hydrogens (primary N) is 2. The first-order chi connectivity index (χ1) is 13.2. The fourth-order valence-electron chi connectivity index (χ4n) is 0.889. The predicted octanol–water partition coefficient (Wildman–Crippen LogP) is 3.79. The molecule has 0 heterocycles. The van der Waals surface area contributed by atoms with Crippen molar-refractivity contribution in [1.29, 1.82) is 0 Å². The Morgan fingerprint density at radius 3 is 1.41 bits per heavy atom. The van der Waals surface area contributed by atoms with Gasteiger partial charge in [0.25, 0.3) is 0 Å². The van der Waals surface area contributed by atoms with Gasteiger partial charge in [0.15, 0.2) is 17.7 Å². The molecule has 1 atom stereocenters. The van der Waals surface area contributed by atoms with Gasteiger partial charge >= 0.3 is 0 Å². The summed E-state index contributed by atoms with van der Waals surface area (Å²) in [4.78, 5) is 39.1. The summed E-state index contributed by atoms with van der Waals surface area (Å²) in [6.45, 7) is 11.2. The minimum absolute atomic E-state index is 0.0417. The Morgan fingerprint density at radius 1 is 0.966 bits per heavy atom. The molecule has 0 aliphatic carbocycles. The number of Topliss-reactive ketones (excluding diaryl/α,β-unsaturated/α-hetero) is 3. The SMILES string of the molecule is CC(=O)C(C)F.CC(=O)c1ccc(F)cc1.CC(C)=O.CC(N)=O.CCCCN. The highest BCUT2D eigenvalue weighted by atomic mass is 19.1. The summed E-state index contributed by atoms with van der Waals surface area (Å²) < 4.78 is 23.7. The van der Waals surface area contributed by atoms with E-state index in [0.717, 1.165) is 6.54 Å². The van der Waals surface area contributed by atoms with E-state index in [0.29, 0.717) is 5.56 Å². The van der Waals surface area contributed by atoms with Crippen LogP contribution in [0.15, 0.2) is 24.3 Å². The summed E-state index contributed by atoms with van der Waals surface area (Å²) in [5.74, 6) is -0.931. The van der Waals surface area contributed by atoms with Crippen LogP contribution in [0.1, 0.15) is 71.7 Å². The molecule has 29 heavy (non-hydrogen) atoms. The number of hydrogen-bond donors (Lipinski definition) is 2. The Balaban J connectivity index is -0.000000144. The molecule has 0 spiro atoms. The first kappa shape index (κ1) is 34.1. The Kier molecular flexibility index (Phi) is 27.7. The van der Waals surface area contributed by atoms with Crippen molar-refractivity contribution in [3.63, 3.8) is 0 Å². The number of rotatable bonds is 4. The highest BCUT2D eigenvalue weighted by molar-refractivity contribution is 5.93. The number of halogens is 2. The minimum atomic E-state index is -1.29. The molecule has 0 saturated heterocycles. The van der Waals surface area contributed by atoms with Crippen molar-refractivity contribution in [3.05, 3.63) is 35.6 Å². The van der Waals surface area contributed by atoms with Gasteiger partial charge in [0.05, 0.1) is 0 Å². The van der Waals surface area contributed by atoms with Crippen molar-refractivity contribution in [1.82, 2.24) is 0 Å². The molecule has 0 fully saturated rings. The molecular weight excluding hydrogens is 382 g/mol. The predicted molar refractivity (Wildman–Crippen MR) is 113 cm³/mol. The molecule has 0 aliphatic heterocycles. The zero-order valence-corrected chi connectivity index (χ0v) is 18.6. The topological polar surface area (TPSA) is 120 Å². The standard InChI is InChI=1S/C8H7FO.C4H7FO.C4H11N.C3H6O.C2H5NO/c1-6(10)7-2-4-8(9)5-3-7;1-3(5)4(2)6;1-2-3-4-5;1-3(2)4;1-2(3)4/h2-5H,1H3;3H,1-2H3;2-5H2,1H3;1-2H3;1H3,(H2,3,4). The average molecular weight is 419 g/mol. The lowest BCUT2D eigenvalue weighted by atomic mass is 10.1. The van der Waals surface area contributed by atoms with Gasteiger partial charge in [-0.3, -0.25) is 14.4 Å². The molecule has 6 nitrogen and oxygen atoms in total. The highest BCUT2D eigenvalue weighted by Gasteiger charge is 2.00. The van der Waals surface area contributed by atoms with E-state index in [4.69, 9.17) is 5.73 Å². The number of alkyl halides is 1. The number of carbonyl (C=O) groups is 4. The van der Waals surface area contributed by atoms with E-state index in [2.05, 4.69) is 12.7 Å². The van der Waals surface area contributed by atoms with E-state index >= 15 is 0 Å². The van der Waals surface area contributed by atoms with E-state index in [1.54, 1.807) is 0 Å². The maximum atomic E-state index is 12.2. The molecular formula is C21H36F2N2O4. The fraction of sp³-hybridized carbons (Fsp3) is 0.524. The van der Waals surface area contributed by atoms with Crippen molar-refractivity contribution in [3.8, 4) is 0 Å². The van der Waals surface area contributed by atoms with E-state index in [1.807, 2.05) is 0 Å². The molecule has 1 unspecified atom stereocenters. The van der Waals surface area contributed by atoms with Gasteiger partial charge in [-0.1, -0.05) is 13.3 Å². The lowest BCUT2D eigenvalue weighted by Gasteiger charge is -1.91. The second-order valence-corrected chi connectivity index (χ2v) is 5.95. The maximum absolute atomic E-state index is 12.2. The summed E-state index contributed by atoms with van der Waals surface area (Å²) in [5.41, 5.74) is 10.2. The third-order valence-electron chi connectivity index (χ3n) is 2.37. The Hall–Kier alpha value is -2.48. The van der Waals surface area contributed by atoms with Crippen LogP contribution in [-0.2, 0) is 14.4 Å². The molecule has 1 rings (SSSR count). The Labute approximate surface area is 173 Å². The third-order valence-corrected chi connectivity index (χ3v) is 2.37. The monoisotopic (exact) mass is 418 g/mol. The molecule has 0 aliphatic rings. The van der Waals surface area contributed by atoms with E-state index in [-0.39, 0.29) is 23.3 Å². The van der Waals surface area contributed by atoms with Crippen LogP contribution < -0.4 is 11.5 Å². The number of carbonyl (C=O) groups excluding carboxylic acids is 4. The zero-order valence-electron chi connectivity index (χ0n) is 18.6. The molecule has 4 N–H and O–H groups in total.